The zero-order valence-corrected chi connectivity index (χ0v) is 27.8. The first-order valence-electron chi connectivity index (χ1n) is 15.5. The number of likely N-dealkylation sites (tertiary alicyclic amines) is 1. The smallest absolute Gasteiger partial charge is 0.259 e. The molecule has 0 aliphatic carbocycles. The third-order valence-corrected chi connectivity index (χ3v) is 10.0. The molecular formula is C36H34Cl2N6O3. The molecule has 0 unspecified atom stereocenters. The molecule has 3 saturated heterocycles. The summed E-state index contributed by atoms with van der Waals surface area (Å²) in [4.78, 5) is 33.1. The van der Waals surface area contributed by atoms with Gasteiger partial charge in [0.15, 0.2) is 0 Å². The van der Waals surface area contributed by atoms with Crippen LogP contribution in [0, 0.1) is 5.41 Å². The fourth-order valence-corrected chi connectivity index (χ4v) is 7.47. The van der Waals surface area contributed by atoms with E-state index >= 15 is 0 Å². The van der Waals surface area contributed by atoms with Gasteiger partial charge in [0.2, 0.25) is 17.7 Å². The van der Waals surface area contributed by atoms with Crippen LogP contribution in [0.4, 0.5) is 5.69 Å². The molecule has 3 aliphatic rings. The molecule has 240 valence electrons. The first-order chi connectivity index (χ1) is 22.5. The average molecular weight is 670 g/mol. The van der Waals surface area contributed by atoms with E-state index in [0.29, 0.717) is 40.3 Å². The quantitative estimate of drug-likeness (QED) is 0.207. The molecule has 11 heteroatoms. The van der Waals surface area contributed by atoms with Crippen molar-refractivity contribution in [3.05, 3.63) is 88.4 Å². The number of carbonyl (C=O) groups is 2. The molecule has 1 spiro atoms. The van der Waals surface area contributed by atoms with Crippen LogP contribution in [0.5, 0.6) is 5.88 Å². The van der Waals surface area contributed by atoms with Gasteiger partial charge in [0, 0.05) is 53.9 Å². The van der Waals surface area contributed by atoms with Gasteiger partial charge in [-0.05, 0) is 44.0 Å². The highest BCUT2D eigenvalue weighted by molar-refractivity contribution is 6.39. The molecule has 2 amide bonds. The van der Waals surface area contributed by atoms with Gasteiger partial charge >= 0.3 is 0 Å². The summed E-state index contributed by atoms with van der Waals surface area (Å²) in [5.74, 6) is 0.537. The molecule has 0 saturated carbocycles. The normalized spacial score (nSPS) is 18.3. The van der Waals surface area contributed by atoms with Crippen molar-refractivity contribution in [1.29, 1.82) is 5.41 Å². The molecule has 1 aromatic heterocycles. The van der Waals surface area contributed by atoms with Crippen molar-refractivity contribution in [1.82, 2.24) is 20.5 Å². The minimum atomic E-state index is -0.835. The van der Waals surface area contributed by atoms with E-state index in [0.717, 1.165) is 52.9 Å². The number of rotatable bonds is 7. The number of hydrogen-bond acceptors (Lipinski definition) is 6. The van der Waals surface area contributed by atoms with E-state index in [1.54, 1.807) is 21.0 Å². The fourth-order valence-electron chi connectivity index (χ4n) is 6.81. The number of aromatic nitrogens is 1. The Morgan fingerprint density at radius 1 is 0.872 bits per heavy atom. The summed E-state index contributed by atoms with van der Waals surface area (Å²) < 4.78 is 5.70. The van der Waals surface area contributed by atoms with Crippen molar-refractivity contribution in [2.45, 2.75) is 44.3 Å². The lowest BCUT2D eigenvalue weighted by Gasteiger charge is -2.48. The summed E-state index contributed by atoms with van der Waals surface area (Å²) in [6.07, 6.45) is 1.48. The minimum absolute atomic E-state index is 0.0497. The Balaban J connectivity index is 1.14. The number of methoxy groups -OCH3 is 1. The highest BCUT2D eigenvalue weighted by Gasteiger charge is 2.47. The Morgan fingerprint density at radius 3 is 2.11 bits per heavy atom. The summed E-state index contributed by atoms with van der Waals surface area (Å²) in [6, 6.07) is 23.0. The van der Waals surface area contributed by atoms with Gasteiger partial charge in [0.05, 0.1) is 34.1 Å². The van der Waals surface area contributed by atoms with Crippen LogP contribution >= 0.6 is 23.2 Å². The fraction of sp³-hybridized carbons (Fsp3) is 0.278. The topological polar surface area (TPSA) is 111 Å². The van der Waals surface area contributed by atoms with E-state index in [1.807, 2.05) is 72.8 Å². The summed E-state index contributed by atoms with van der Waals surface area (Å²) in [5, 5.41) is 15.4. The Kier molecular flexibility index (Phi) is 7.74. The predicted octanol–water partition coefficient (Wildman–Crippen LogP) is 6.51. The molecule has 3 N–H and O–H groups in total. The molecule has 3 aromatic carbocycles. The van der Waals surface area contributed by atoms with Crippen LogP contribution in [0.3, 0.4) is 0 Å². The number of benzene rings is 3. The number of ether oxygens (including phenoxy) is 1. The highest BCUT2D eigenvalue weighted by Crippen LogP contribution is 2.43. The molecule has 47 heavy (non-hydrogen) atoms. The number of hydrogen-bond donors (Lipinski definition) is 3. The SMILES string of the molecule is COc1nc(-c2cccc(-c3cccc(-c4ccc(N5C(=N)NC(C)(C)C5=O)cc4)c3Cl)c2Cl)ccc1CN1CC2(CCC(=O)N2)C1. The number of pyridine rings is 1. The van der Waals surface area contributed by atoms with Crippen LogP contribution in [0.25, 0.3) is 33.5 Å². The van der Waals surface area contributed by atoms with Crippen molar-refractivity contribution in [2.24, 2.45) is 0 Å². The second-order valence-electron chi connectivity index (χ2n) is 13.0. The monoisotopic (exact) mass is 668 g/mol. The van der Waals surface area contributed by atoms with Crippen molar-refractivity contribution in [3.8, 4) is 39.4 Å². The molecule has 0 atom stereocenters. The summed E-state index contributed by atoms with van der Waals surface area (Å²) in [5.41, 5.74) is 5.32. The van der Waals surface area contributed by atoms with Crippen LogP contribution < -0.4 is 20.3 Å². The molecule has 9 nitrogen and oxygen atoms in total. The Morgan fingerprint density at radius 2 is 1.51 bits per heavy atom. The third-order valence-electron chi connectivity index (χ3n) is 9.21. The Labute approximate surface area is 283 Å². The van der Waals surface area contributed by atoms with Crippen molar-refractivity contribution < 1.29 is 14.3 Å². The van der Waals surface area contributed by atoms with Gasteiger partial charge in [-0.2, -0.15) is 0 Å². The van der Waals surface area contributed by atoms with Gasteiger partial charge in [-0.3, -0.25) is 19.9 Å². The van der Waals surface area contributed by atoms with E-state index in [9.17, 15) is 9.59 Å². The van der Waals surface area contributed by atoms with Gasteiger partial charge in [-0.1, -0.05) is 77.8 Å². The third kappa shape index (κ3) is 5.52. The number of nitrogens with zero attached hydrogens (tertiary/aromatic N) is 3. The van der Waals surface area contributed by atoms with Gasteiger partial charge in [-0.15, -0.1) is 0 Å². The van der Waals surface area contributed by atoms with E-state index in [1.165, 1.54) is 4.90 Å². The maximum absolute atomic E-state index is 12.8. The Bertz CT molecular complexity index is 1940. The van der Waals surface area contributed by atoms with Gasteiger partial charge in [0.1, 0.15) is 5.54 Å². The van der Waals surface area contributed by atoms with Crippen molar-refractivity contribution >= 4 is 46.7 Å². The molecule has 7 rings (SSSR count). The largest absolute Gasteiger partial charge is 0.481 e. The lowest BCUT2D eigenvalue weighted by atomic mass is 9.88. The number of guanidine groups is 1. The van der Waals surface area contributed by atoms with Gasteiger partial charge < -0.3 is 15.4 Å². The summed E-state index contributed by atoms with van der Waals surface area (Å²) in [7, 11) is 1.62. The predicted molar refractivity (Wildman–Crippen MR) is 185 cm³/mol. The Hall–Kier alpha value is -4.44. The lowest BCUT2D eigenvalue weighted by molar-refractivity contribution is -0.121. The standard InChI is InChI=1S/C36H34Cl2N6O3/c1-35(2)33(46)44(34(39)42-35)23-13-10-21(11-14-23)24-6-4-7-25(30(24)37)26-8-5-9-27(31(26)38)28-15-12-22(32(40-28)47-3)18-43-19-36(20-43)17-16-29(45)41-36/h4-15H,16-20H2,1-3H3,(H2,39,42)(H,41,45). The molecule has 4 heterocycles. The highest BCUT2D eigenvalue weighted by atomic mass is 35.5. The zero-order valence-electron chi connectivity index (χ0n) is 26.3. The van der Waals surface area contributed by atoms with Gasteiger partial charge in [0.25, 0.3) is 5.91 Å². The van der Waals surface area contributed by atoms with Crippen LogP contribution in [-0.4, -0.2) is 58.9 Å². The van der Waals surface area contributed by atoms with E-state index in [-0.39, 0.29) is 23.3 Å². The maximum Gasteiger partial charge on any atom is 0.259 e. The molecule has 4 aromatic rings. The number of halogens is 2. The van der Waals surface area contributed by atoms with E-state index < -0.39 is 5.54 Å². The summed E-state index contributed by atoms with van der Waals surface area (Å²) in [6.45, 7) is 5.83. The molecule has 3 fully saturated rings. The molecule has 0 bridgehead atoms. The average Bonchev–Trinajstić information content (AvgIpc) is 3.52. The number of carbonyl (C=O) groups excluding carboxylic acids is 2. The van der Waals surface area contributed by atoms with E-state index in [2.05, 4.69) is 15.5 Å². The van der Waals surface area contributed by atoms with Crippen molar-refractivity contribution in [3.63, 3.8) is 0 Å². The van der Waals surface area contributed by atoms with E-state index in [4.69, 9.17) is 38.3 Å². The lowest BCUT2D eigenvalue weighted by Crippen LogP contribution is -2.66. The van der Waals surface area contributed by atoms with Crippen LogP contribution in [0.1, 0.15) is 32.3 Å². The number of amides is 2. The van der Waals surface area contributed by atoms with Crippen LogP contribution in [0.15, 0.2) is 72.8 Å². The zero-order chi connectivity index (χ0) is 33.1. The number of nitrogens with one attached hydrogen (secondary N) is 3. The second kappa shape index (κ2) is 11.7. The van der Waals surface area contributed by atoms with Crippen LogP contribution in [-0.2, 0) is 16.1 Å². The minimum Gasteiger partial charge on any atom is -0.481 e. The number of anilines is 1. The van der Waals surface area contributed by atoms with Crippen LogP contribution in [0.2, 0.25) is 10.0 Å². The van der Waals surface area contributed by atoms with Gasteiger partial charge in [-0.25, -0.2) is 9.88 Å². The summed E-state index contributed by atoms with van der Waals surface area (Å²) >= 11 is 14.1. The maximum atomic E-state index is 12.8. The first-order valence-corrected chi connectivity index (χ1v) is 16.2. The first kappa shape index (κ1) is 31.2. The molecule has 3 aliphatic heterocycles. The van der Waals surface area contributed by atoms with Crippen molar-refractivity contribution in [2.75, 3.05) is 25.1 Å². The second-order valence-corrected chi connectivity index (χ2v) is 13.7. The molecule has 0 radical (unpaired) electrons. The molecular weight excluding hydrogens is 635 g/mol.